The number of nitrogens with zero attached hydrogens (tertiary/aromatic N) is 1. The number of fused-ring (bicyclic) bond motifs is 1. The molecule has 0 aliphatic carbocycles. The van der Waals surface area contributed by atoms with Gasteiger partial charge in [0.25, 0.3) is 5.91 Å². The summed E-state index contributed by atoms with van der Waals surface area (Å²) in [6, 6.07) is 9.25. The van der Waals surface area contributed by atoms with Crippen molar-refractivity contribution in [2.45, 2.75) is 31.5 Å². The maximum Gasteiger partial charge on any atom is 0.416 e. The second-order valence-electron chi connectivity index (χ2n) is 7.45. The lowest BCUT2D eigenvalue weighted by Gasteiger charge is -2.31. The van der Waals surface area contributed by atoms with Gasteiger partial charge in [-0.1, -0.05) is 12.1 Å². The van der Waals surface area contributed by atoms with Crippen molar-refractivity contribution in [3.8, 4) is 0 Å². The van der Waals surface area contributed by atoms with Crippen molar-refractivity contribution in [3.63, 3.8) is 0 Å². The van der Waals surface area contributed by atoms with E-state index in [-0.39, 0.29) is 17.2 Å². The van der Waals surface area contributed by atoms with Crippen molar-refractivity contribution in [2.75, 3.05) is 23.3 Å². The molecule has 1 fully saturated rings. The Bertz CT molecular complexity index is 979. The molecule has 0 bridgehead atoms. The van der Waals surface area contributed by atoms with Crippen LogP contribution in [0.5, 0.6) is 0 Å². The summed E-state index contributed by atoms with van der Waals surface area (Å²) in [5, 5.41) is 5.91. The molecule has 4 rings (SSSR count). The fraction of sp³-hybridized carbons (Fsp3) is 0.318. The van der Waals surface area contributed by atoms with Gasteiger partial charge in [-0.2, -0.15) is 13.2 Å². The van der Waals surface area contributed by atoms with Crippen molar-refractivity contribution in [2.24, 2.45) is 0 Å². The Morgan fingerprint density at radius 3 is 2.67 bits per heavy atom. The molecule has 0 radical (unpaired) electrons. The van der Waals surface area contributed by atoms with E-state index in [0.29, 0.717) is 24.3 Å². The minimum absolute atomic E-state index is 0.109. The van der Waals surface area contributed by atoms with Crippen molar-refractivity contribution in [1.82, 2.24) is 5.32 Å². The number of carbonyl (C=O) groups excluding carboxylic acids is 1. The van der Waals surface area contributed by atoms with E-state index in [2.05, 4.69) is 10.6 Å². The lowest BCUT2D eigenvalue weighted by Crippen LogP contribution is -2.32. The number of amides is 1. The number of alkyl halides is 3. The van der Waals surface area contributed by atoms with Gasteiger partial charge in [-0.05, 0) is 62.7 Å². The summed E-state index contributed by atoms with van der Waals surface area (Å²) in [6.45, 7) is 1.53. The molecule has 2 heterocycles. The third-order valence-corrected chi connectivity index (χ3v) is 5.45. The summed E-state index contributed by atoms with van der Waals surface area (Å²) in [4.78, 5) is 14.3. The quantitative estimate of drug-likeness (QED) is 0.556. The Morgan fingerprint density at radius 2 is 1.87 bits per heavy atom. The predicted octanol–water partition coefficient (Wildman–Crippen LogP) is 4.79. The molecule has 0 spiro atoms. The zero-order valence-corrected chi connectivity index (χ0v) is 16.1. The highest BCUT2D eigenvalue weighted by Crippen LogP contribution is 2.37. The van der Waals surface area contributed by atoms with Crippen LogP contribution in [0.1, 0.15) is 30.4 Å². The van der Waals surface area contributed by atoms with Crippen LogP contribution in [0, 0.1) is 5.82 Å². The fourth-order valence-electron chi connectivity index (χ4n) is 3.98. The highest BCUT2D eigenvalue weighted by molar-refractivity contribution is 6.31. The van der Waals surface area contributed by atoms with Crippen LogP contribution in [0.3, 0.4) is 0 Å². The topological polar surface area (TPSA) is 44.4 Å². The van der Waals surface area contributed by atoms with Gasteiger partial charge in [0.1, 0.15) is 5.82 Å². The Kier molecular flexibility index (Phi) is 5.51. The molecule has 158 valence electrons. The largest absolute Gasteiger partial charge is 0.416 e. The van der Waals surface area contributed by atoms with Gasteiger partial charge < -0.3 is 15.5 Å². The van der Waals surface area contributed by atoms with E-state index in [9.17, 15) is 22.4 Å². The molecule has 1 amide bonds. The van der Waals surface area contributed by atoms with Gasteiger partial charge >= 0.3 is 6.18 Å². The molecular weight excluding hydrogens is 398 g/mol. The second-order valence-corrected chi connectivity index (χ2v) is 7.45. The summed E-state index contributed by atoms with van der Waals surface area (Å²) in [6.07, 6.45) is -0.718. The fourth-order valence-corrected chi connectivity index (χ4v) is 3.98. The Balaban J connectivity index is 1.82. The van der Waals surface area contributed by atoms with Gasteiger partial charge in [0, 0.05) is 23.5 Å². The van der Waals surface area contributed by atoms with E-state index in [1.54, 1.807) is 17.0 Å². The number of halogens is 4. The van der Waals surface area contributed by atoms with Crippen LogP contribution in [0.2, 0.25) is 0 Å². The van der Waals surface area contributed by atoms with Gasteiger partial charge in [-0.25, -0.2) is 4.39 Å². The first kappa shape index (κ1) is 20.4. The van der Waals surface area contributed by atoms with Crippen molar-refractivity contribution >= 4 is 22.9 Å². The van der Waals surface area contributed by atoms with Crippen LogP contribution in [-0.2, 0) is 11.0 Å². The monoisotopic (exact) mass is 419 g/mol. The molecular formula is C22H21F4N3O. The van der Waals surface area contributed by atoms with Crippen LogP contribution in [-0.4, -0.2) is 25.0 Å². The Labute approximate surface area is 171 Å². The van der Waals surface area contributed by atoms with E-state index >= 15 is 0 Å². The van der Waals surface area contributed by atoms with E-state index in [1.807, 2.05) is 0 Å². The summed E-state index contributed by atoms with van der Waals surface area (Å²) < 4.78 is 54.4. The average molecular weight is 419 g/mol. The zero-order valence-electron chi connectivity index (χ0n) is 16.1. The lowest BCUT2D eigenvalue weighted by atomic mass is 10.0. The van der Waals surface area contributed by atoms with Gasteiger partial charge in [-0.15, -0.1) is 0 Å². The molecule has 8 heteroatoms. The number of hydrogen-bond donors (Lipinski definition) is 2. The Hall–Kier alpha value is -2.87. The van der Waals surface area contributed by atoms with Crippen LogP contribution < -0.4 is 15.5 Å². The SMILES string of the molecule is O=C1Nc2cccc(F)c2/C1=C\N(c1cccc(C(F)(F)F)c1)C1CCCNCC1. The first-order valence-electron chi connectivity index (χ1n) is 9.83. The number of anilines is 2. The summed E-state index contributed by atoms with van der Waals surface area (Å²) >= 11 is 0. The van der Waals surface area contributed by atoms with E-state index in [4.69, 9.17) is 0 Å². The highest BCUT2D eigenvalue weighted by atomic mass is 19.4. The predicted molar refractivity (Wildman–Crippen MR) is 107 cm³/mol. The number of carbonyl (C=O) groups is 1. The molecule has 0 aromatic heterocycles. The first-order chi connectivity index (χ1) is 14.3. The highest BCUT2D eigenvalue weighted by Gasteiger charge is 2.33. The molecule has 4 nitrogen and oxygen atoms in total. The molecule has 2 aliphatic heterocycles. The van der Waals surface area contributed by atoms with Crippen LogP contribution in [0.4, 0.5) is 28.9 Å². The normalized spacial score (nSPS) is 20.6. The molecule has 1 unspecified atom stereocenters. The summed E-state index contributed by atoms with van der Waals surface area (Å²) in [7, 11) is 0. The van der Waals surface area contributed by atoms with Crippen LogP contribution in [0.25, 0.3) is 5.57 Å². The maximum absolute atomic E-state index is 14.5. The standard InChI is InChI=1S/C22H21F4N3O/c23-18-7-2-8-19-20(18)17(21(30)28-19)13-29(15-6-3-10-27-11-9-15)16-5-1-4-14(12-16)22(24,25)26/h1-2,4-5,7-8,12-13,15,27H,3,6,9-11H2,(H,28,30)/b17-13+. The molecule has 2 aromatic carbocycles. The third kappa shape index (κ3) is 4.05. The molecule has 30 heavy (non-hydrogen) atoms. The zero-order chi connectivity index (χ0) is 21.3. The summed E-state index contributed by atoms with van der Waals surface area (Å²) in [5.41, 5.74) is 0.168. The smallest absolute Gasteiger partial charge is 0.344 e. The molecule has 2 N–H and O–H groups in total. The minimum atomic E-state index is -4.48. The van der Waals surface area contributed by atoms with E-state index in [0.717, 1.165) is 31.5 Å². The van der Waals surface area contributed by atoms with E-state index in [1.165, 1.54) is 24.4 Å². The third-order valence-electron chi connectivity index (χ3n) is 5.45. The molecule has 1 saturated heterocycles. The number of benzene rings is 2. The van der Waals surface area contributed by atoms with Crippen LogP contribution in [0.15, 0.2) is 48.7 Å². The van der Waals surface area contributed by atoms with Crippen molar-refractivity contribution in [3.05, 3.63) is 65.6 Å². The van der Waals surface area contributed by atoms with Gasteiger partial charge in [0.05, 0.1) is 16.8 Å². The van der Waals surface area contributed by atoms with Crippen molar-refractivity contribution in [1.29, 1.82) is 0 Å². The Morgan fingerprint density at radius 1 is 1.07 bits per heavy atom. The van der Waals surface area contributed by atoms with Gasteiger partial charge in [0.15, 0.2) is 0 Å². The number of rotatable bonds is 3. The summed E-state index contributed by atoms with van der Waals surface area (Å²) in [5.74, 6) is -1.03. The molecule has 0 saturated carbocycles. The second kappa shape index (κ2) is 8.10. The molecule has 1 atom stereocenters. The van der Waals surface area contributed by atoms with Gasteiger partial charge in [0.2, 0.25) is 0 Å². The van der Waals surface area contributed by atoms with E-state index < -0.39 is 23.5 Å². The molecule has 2 aromatic rings. The number of nitrogens with one attached hydrogen (secondary N) is 2. The average Bonchev–Trinajstić information content (AvgIpc) is 2.87. The molecule has 2 aliphatic rings. The lowest BCUT2D eigenvalue weighted by molar-refractivity contribution is -0.137. The van der Waals surface area contributed by atoms with Gasteiger partial charge in [-0.3, -0.25) is 4.79 Å². The minimum Gasteiger partial charge on any atom is -0.344 e. The van der Waals surface area contributed by atoms with Crippen molar-refractivity contribution < 1.29 is 22.4 Å². The maximum atomic E-state index is 14.5. The first-order valence-corrected chi connectivity index (χ1v) is 9.83. The number of hydrogen-bond acceptors (Lipinski definition) is 3. The van der Waals surface area contributed by atoms with Crippen LogP contribution >= 0.6 is 0 Å².